The first kappa shape index (κ1) is 79.4. The molecule has 1 atom stereocenters. The van der Waals surface area contributed by atoms with Crippen LogP contribution in [0.3, 0.4) is 0 Å². The fourth-order valence-electron chi connectivity index (χ4n) is 11.0. The molecule has 0 heterocycles. The van der Waals surface area contributed by atoms with E-state index in [2.05, 4.69) is 69.4 Å². The second kappa shape index (κ2) is 70.9. The minimum Gasteiger partial charge on any atom is -0.462 e. The topological polar surface area (TPSA) is 78.9 Å². The van der Waals surface area contributed by atoms with Crippen LogP contribution < -0.4 is 0 Å². The minimum atomic E-state index is -0.782. The van der Waals surface area contributed by atoms with Gasteiger partial charge >= 0.3 is 17.9 Å². The van der Waals surface area contributed by atoms with Gasteiger partial charge in [-0.25, -0.2) is 0 Å². The predicted octanol–water partition coefficient (Wildman–Crippen LogP) is 25.3. The van der Waals surface area contributed by atoms with Crippen LogP contribution in [0.5, 0.6) is 0 Å². The van der Waals surface area contributed by atoms with Gasteiger partial charge in [0.1, 0.15) is 13.2 Å². The Bertz CT molecular complexity index is 1410. The number of allylic oxidation sites excluding steroid dienone is 8. The van der Waals surface area contributed by atoms with Gasteiger partial charge in [0.2, 0.25) is 0 Å². The summed E-state index contributed by atoms with van der Waals surface area (Å²) < 4.78 is 17.0. The zero-order valence-electron chi connectivity index (χ0n) is 55.3. The van der Waals surface area contributed by atoms with Crippen LogP contribution in [0.2, 0.25) is 0 Å². The Labute approximate surface area is 511 Å². The maximum atomic E-state index is 13.0. The third-order valence-corrected chi connectivity index (χ3v) is 16.6. The van der Waals surface area contributed by atoms with Gasteiger partial charge in [-0.1, -0.05) is 345 Å². The quantitative estimate of drug-likeness (QED) is 0.0261. The molecule has 0 saturated carbocycles. The summed E-state index contributed by atoms with van der Waals surface area (Å²) in [6.07, 6.45) is 90.0. The molecule has 0 fully saturated rings. The number of hydrogen-bond donors (Lipinski definition) is 0. The van der Waals surface area contributed by atoms with Gasteiger partial charge in [-0.2, -0.15) is 0 Å². The molecule has 0 radical (unpaired) electrons. The zero-order valence-corrected chi connectivity index (χ0v) is 55.3. The molecule has 0 aliphatic carbocycles. The van der Waals surface area contributed by atoms with Crippen LogP contribution in [0, 0.1) is 0 Å². The summed E-state index contributed by atoms with van der Waals surface area (Å²) in [5.41, 5.74) is 0. The summed E-state index contributed by atoms with van der Waals surface area (Å²) in [6, 6.07) is 0. The molecule has 0 rings (SSSR count). The van der Waals surface area contributed by atoms with Crippen molar-refractivity contribution < 1.29 is 28.6 Å². The molecule has 0 aliphatic rings. The van der Waals surface area contributed by atoms with E-state index in [0.29, 0.717) is 19.3 Å². The lowest BCUT2D eigenvalue weighted by Crippen LogP contribution is -2.30. The largest absolute Gasteiger partial charge is 0.462 e. The molecule has 0 aliphatic heterocycles. The van der Waals surface area contributed by atoms with Crippen LogP contribution in [0.15, 0.2) is 48.6 Å². The third kappa shape index (κ3) is 68.2. The number of ether oxygens (including phenoxy) is 3. The summed E-state index contributed by atoms with van der Waals surface area (Å²) in [5, 5.41) is 0. The van der Waals surface area contributed by atoms with Crippen molar-refractivity contribution in [2.24, 2.45) is 0 Å². The Morgan fingerprint density at radius 2 is 0.439 bits per heavy atom. The molecule has 0 aromatic rings. The van der Waals surface area contributed by atoms with Crippen LogP contribution in [-0.4, -0.2) is 37.2 Å². The molecule has 0 saturated heterocycles. The number of unbranched alkanes of at least 4 members (excludes halogenated alkanes) is 49. The number of hydrogen-bond acceptors (Lipinski definition) is 6. The highest BCUT2D eigenvalue weighted by Crippen LogP contribution is 2.18. The molecule has 6 nitrogen and oxygen atoms in total. The maximum absolute atomic E-state index is 13.0. The maximum Gasteiger partial charge on any atom is 0.306 e. The Balaban J connectivity index is 4.31. The van der Waals surface area contributed by atoms with Crippen molar-refractivity contribution in [3.8, 4) is 0 Å². The fourth-order valence-corrected chi connectivity index (χ4v) is 11.0. The molecule has 0 bridgehead atoms. The minimum absolute atomic E-state index is 0.0758. The van der Waals surface area contributed by atoms with E-state index in [9.17, 15) is 14.4 Å². The van der Waals surface area contributed by atoms with E-state index < -0.39 is 6.10 Å². The molecule has 0 aromatic heterocycles. The van der Waals surface area contributed by atoms with Gasteiger partial charge in [0.05, 0.1) is 0 Å². The van der Waals surface area contributed by atoms with Gasteiger partial charge in [0, 0.05) is 19.3 Å². The molecule has 480 valence electrons. The van der Waals surface area contributed by atoms with Crippen LogP contribution in [0.1, 0.15) is 400 Å². The number of rotatable bonds is 68. The van der Waals surface area contributed by atoms with Crippen molar-refractivity contribution in [3.63, 3.8) is 0 Å². The molecule has 0 aromatic carbocycles. The summed E-state index contributed by atoms with van der Waals surface area (Å²) in [5.74, 6) is -0.865. The van der Waals surface area contributed by atoms with Crippen molar-refractivity contribution in [2.45, 2.75) is 406 Å². The number of carbonyl (C=O) groups excluding carboxylic acids is 3. The van der Waals surface area contributed by atoms with Crippen molar-refractivity contribution in [2.75, 3.05) is 13.2 Å². The highest BCUT2D eigenvalue weighted by atomic mass is 16.6. The first-order chi connectivity index (χ1) is 40.5. The predicted molar refractivity (Wildman–Crippen MR) is 358 cm³/mol. The van der Waals surface area contributed by atoms with Crippen molar-refractivity contribution in [1.29, 1.82) is 0 Å². The molecule has 82 heavy (non-hydrogen) atoms. The van der Waals surface area contributed by atoms with Gasteiger partial charge in [-0.15, -0.1) is 0 Å². The first-order valence-corrected chi connectivity index (χ1v) is 36.6. The van der Waals surface area contributed by atoms with Crippen molar-refractivity contribution in [1.82, 2.24) is 0 Å². The monoisotopic (exact) mass is 1150 g/mol. The number of esters is 3. The normalized spacial score (nSPS) is 12.3. The van der Waals surface area contributed by atoms with Crippen molar-refractivity contribution >= 4 is 17.9 Å². The lowest BCUT2D eigenvalue weighted by molar-refractivity contribution is -0.167. The van der Waals surface area contributed by atoms with E-state index in [4.69, 9.17) is 14.2 Å². The van der Waals surface area contributed by atoms with Crippen molar-refractivity contribution in [3.05, 3.63) is 48.6 Å². The Morgan fingerprint density at radius 3 is 0.695 bits per heavy atom. The molecule has 1 unspecified atom stereocenters. The molecule has 6 heteroatoms. The molecule has 0 spiro atoms. The Morgan fingerprint density at radius 1 is 0.244 bits per heavy atom. The highest BCUT2D eigenvalue weighted by Gasteiger charge is 2.19. The van der Waals surface area contributed by atoms with E-state index in [-0.39, 0.29) is 31.1 Å². The van der Waals surface area contributed by atoms with Gasteiger partial charge in [-0.3, -0.25) is 14.4 Å². The van der Waals surface area contributed by atoms with Gasteiger partial charge in [-0.05, 0) is 83.5 Å². The van der Waals surface area contributed by atoms with Gasteiger partial charge in [0.15, 0.2) is 6.10 Å². The van der Waals surface area contributed by atoms with E-state index in [1.165, 1.54) is 283 Å². The average molecular weight is 1150 g/mol. The fraction of sp³-hybridized carbons (Fsp3) is 0.855. The molecular formula is C76H140O6. The Kier molecular flexibility index (Phi) is 68.6. The highest BCUT2D eigenvalue weighted by molar-refractivity contribution is 5.71. The lowest BCUT2D eigenvalue weighted by Gasteiger charge is -2.18. The smallest absolute Gasteiger partial charge is 0.306 e. The molecular weight excluding hydrogens is 1010 g/mol. The summed E-state index contributed by atoms with van der Waals surface area (Å²) >= 11 is 0. The molecule has 0 N–H and O–H groups in total. The second-order valence-electron chi connectivity index (χ2n) is 24.9. The van der Waals surface area contributed by atoms with E-state index in [1.807, 2.05) is 0 Å². The lowest BCUT2D eigenvalue weighted by atomic mass is 10.0. The number of carbonyl (C=O) groups is 3. The standard InChI is InChI=1S/C76H140O6/c1-4-7-10-13-16-19-22-25-28-31-33-35-36-37-38-39-41-42-45-48-51-54-57-60-63-66-69-75(78)81-72-73(71-80-74(77)68-65-62-59-56-53-50-47-44-30-27-24-21-18-15-12-9-6-3)82-76(79)70-67-64-61-58-55-52-49-46-43-40-34-32-29-26-23-20-17-14-11-8-5-2/h23,26-27,30,32,34,43,46,73H,4-22,24-25,28-29,31,33,35-42,44-45,47-72H2,1-3H3/b26-23-,30-27-,34-32-,46-43-. The van der Waals surface area contributed by atoms with Crippen LogP contribution in [0.25, 0.3) is 0 Å². The van der Waals surface area contributed by atoms with Crippen LogP contribution >= 0.6 is 0 Å². The van der Waals surface area contributed by atoms with Gasteiger partial charge < -0.3 is 14.2 Å². The molecule has 0 amide bonds. The summed E-state index contributed by atoms with van der Waals surface area (Å²) in [6.45, 7) is 6.69. The average Bonchev–Trinajstić information content (AvgIpc) is 3.47. The van der Waals surface area contributed by atoms with E-state index in [0.717, 1.165) is 77.0 Å². The third-order valence-electron chi connectivity index (χ3n) is 16.6. The van der Waals surface area contributed by atoms with Crippen LogP contribution in [0.4, 0.5) is 0 Å². The zero-order chi connectivity index (χ0) is 59.2. The SMILES string of the molecule is CCCCCCC/C=C\C/C=C\C/C=C\CCCCCCCCC(=O)OC(COC(=O)CCCCCCCCC/C=C\CCCCCCCC)COC(=O)CCCCCCCCCCCCCCCCCCCCCCCCCCCC. The first-order valence-electron chi connectivity index (χ1n) is 36.6. The van der Waals surface area contributed by atoms with Gasteiger partial charge in [0.25, 0.3) is 0 Å². The second-order valence-corrected chi connectivity index (χ2v) is 24.9. The summed E-state index contributed by atoms with van der Waals surface area (Å²) in [7, 11) is 0. The van der Waals surface area contributed by atoms with E-state index >= 15 is 0 Å². The Hall–Kier alpha value is -2.63. The van der Waals surface area contributed by atoms with E-state index in [1.54, 1.807) is 0 Å². The summed E-state index contributed by atoms with van der Waals surface area (Å²) in [4.78, 5) is 38.5. The van der Waals surface area contributed by atoms with Crippen LogP contribution in [-0.2, 0) is 28.6 Å².